The average molecular weight is 412 g/mol. The van der Waals surface area contributed by atoms with Gasteiger partial charge in [-0.25, -0.2) is 4.39 Å². The first-order valence-corrected chi connectivity index (χ1v) is 10.5. The molecule has 1 atom stereocenters. The molecule has 1 unspecified atom stereocenters. The number of amides is 1. The van der Waals surface area contributed by atoms with Crippen molar-refractivity contribution in [3.63, 3.8) is 0 Å². The maximum absolute atomic E-state index is 13.3. The Labute approximate surface area is 172 Å². The van der Waals surface area contributed by atoms with Crippen LogP contribution < -0.4 is 0 Å². The highest BCUT2D eigenvalue weighted by Gasteiger charge is 2.23. The van der Waals surface area contributed by atoms with E-state index in [1.165, 1.54) is 23.9 Å². The Morgan fingerprint density at radius 2 is 1.90 bits per heavy atom. The van der Waals surface area contributed by atoms with Crippen LogP contribution in [-0.4, -0.2) is 55.6 Å². The first-order valence-electron chi connectivity index (χ1n) is 9.47. The summed E-state index contributed by atoms with van der Waals surface area (Å²) in [6.07, 6.45) is 1.10. The number of likely N-dealkylation sites (tertiary alicyclic amines) is 1. The Hall–Kier alpha value is -2.71. The fourth-order valence-electron chi connectivity index (χ4n) is 3.36. The van der Waals surface area contributed by atoms with E-state index in [1.54, 1.807) is 17.0 Å². The maximum atomic E-state index is 13.3. The standard InChI is InChI=1S/C21H21FN4O2S/c22-16-10-8-15(9-11-16)20-23-24-21(26(20)17-5-2-1-3-6-17)29-14-19(28)25-12-4-7-18(27)13-25/h1-3,5-6,8-11,18,27H,4,7,12-14H2. The summed E-state index contributed by atoms with van der Waals surface area (Å²) in [7, 11) is 0. The van der Waals surface area contributed by atoms with Crippen LogP contribution in [-0.2, 0) is 4.79 Å². The molecule has 0 bridgehead atoms. The summed E-state index contributed by atoms with van der Waals surface area (Å²) >= 11 is 1.31. The lowest BCUT2D eigenvalue weighted by atomic mass is 10.1. The number of rotatable bonds is 5. The molecule has 150 valence electrons. The second kappa shape index (κ2) is 8.75. The molecule has 1 amide bonds. The van der Waals surface area contributed by atoms with E-state index in [-0.39, 0.29) is 17.5 Å². The fourth-order valence-corrected chi connectivity index (χ4v) is 4.21. The van der Waals surface area contributed by atoms with Crippen LogP contribution in [0.5, 0.6) is 0 Å². The van der Waals surface area contributed by atoms with Crippen LogP contribution in [0.25, 0.3) is 17.1 Å². The van der Waals surface area contributed by atoms with Gasteiger partial charge in [0.1, 0.15) is 5.82 Å². The van der Waals surface area contributed by atoms with Crippen molar-refractivity contribution in [2.45, 2.75) is 24.1 Å². The Morgan fingerprint density at radius 3 is 2.62 bits per heavy atom. The molecule has 1 N–H and O–H groups in total. The molecule has 1 fully saturated rings. The monoisotopic (exact) mass is 412 g/mol. The van der Waals surface area contributed by atoms with Crippen molar-refractivity contribution < 1.29 is 14.3 Å². The van der Waals surface area contributed by atoms with Gasteiger partial charge in [-0.15, -0.1) is 10.2 Å². The number of carbonyl (C=O) groups excluding carboxylic acids is 1. The molecule has 29 heavy (non-hydrogen) atoms. The topological polar surface area (TPSA) is 71.2 Å². The van der Waals surface area contributed by atoms with Gasteiger partial charge in [0.2, 0.25) is 5.91 Å². The van der Waals surface area contributed by atoms with Crippen LogP contribution in [0, 0.1) is 5.82 Å². The Bertz CT molecular complexity index is 978. The zero-order chi connectivity index (χ0) is 20.2. The highest BCUT2D eigenvalue weighted by molar-refractivity contribution is 7.99. The van der Waals surface area contributed by atoms with E-state index < -0.39 is 6.10 Å². The molecule has 2 aromatic carbocycles. The van der Waals surface area contributed by atoms with E-state index in [1.807, 2.05) is 34.9 Å². The number of thioether (sulfide) groups is 1. The van der Waals surface area contributed by atoms with E-state index >= 15 is 0 Å². The van der Waals surface area contributed by atoms with Gasteiger partial charge in [0.05, 0.1) is 11.9 Å². The number of carbonyl (C=O) groups is 1. The molecule has 3 aromatic rings. The largest absolute Gasteiger partial charge is 0.391 e. The van der Waals surface area contributed by atoms with Crippen molar-refractivity contribution in [3.05, 3.63) is 60.4 Å². The molecule has 4 rings (SSSR count). The summed E-state index contributed by atoms with van der Waals surface area (Å²) in [4.78, 5) is 14.3. The number of aromatic nitrogens is 3. The van der Waals surface area contributed by atoms with Crippen LogP contribution in [0.4, 0.5) is 4.39 Å². The molecule has 0 spiro atoms. The number of nitrogens with zero attached hydrogens (tertiary/aromatic N) is 4. The lowest BCUT2D eigenvalue weighted by Gasteiger charge is -2.30. The lowest BCUT2D eigenvalue weighted by Crippen LogP contribution is -2.43. The molecule has 2 heterocycles. The van der Waals surface area contributed by atoms with Gasteiger partial charge in [-0.2, -0.15) is 0 Å². The van der Waals surface area contributed by atoms with Gasteiger partial charge in [-0.3, -0.25) is 9.36 Å². The molecule has 8 heteroatoms. The number of aliphatic hydroxyl groups is 1. The predicted molar refractivity (Wildman–Crippen MR) is 109 cm³/mol. The molecular formula is C21H21FN4O2S. The number of β-amino-alcohol motifs (C(OH)–C–C–N with tert-alkyl or cyclic N) is 1. The highest BCUT2D eigenvalue weighted by Crippen LogP contribution is 2.28. The predicted octanol–water partition coefficient (Wildman–Crippen LogP) is 3.15. The Balaban J connectivity index is 1.60. The number of hydrogen-bond donors (Lipinski definition) is 1. The third-order valence-corrected chi connectivity index (χ3v) is 5.74. The van der Waals surface area contributed by atoms with Crippen molar-refractivity contribution in [1.82, 2.24) is 19.7 Å². The minimum Gasteiger partial charge on any atom is -0.391 e. The van der Waals surface area contributed by atoms with Crippen molar-refractivity contribution in [2.24, 2.45) is 0 Å². The number of para-hydroxylation sites is 1. The summed E-state index contributed by atoms with van der Waals surface area (Å²) in [6, 6.07) is 15.7. The van der Waals surface area contributed by atoms with Gasteiger partial charge >= 0.3 is 0 Å². The second-order valence-corrected chi connectivity index (χ2v) is 7.85. The van der Waals surface area contributed by atoms with E-state index in [2.05, 4.69) is 10.2 Å². The van der Waals surface area contributed by atoms with Crippen LogP contribution in [0.15, 0.2) is 59.8 Å². The molecule has 1 aliphatic heterocycles. The zero-order valence-corrected chi connectivity index (χ0v) is 16.6. The number of aliphatic hydroxyl groups excluding tert-OH is 1. The number of benzene rings is 2. The molecular weight excluding hydrogens is 391 g/mol. The zero-order valence-electron chi connectivity index (χ0n) is 15.7. The van der Waals surface area contributed by atoms with Crippen LogP contribution in [0.3, 0.4) is 0 Å². The summed E-state index contributed by atoms with van der Waals surface area (Å²) in [5.41, 5.74) is 1.60. The molecule has 6 nitrogen and oxygen atoms in total. The SMILES string of the molecule is O=C(CSc1nnc(-c2ccc(F)cc2)n1-c1ccccc1)N1CCCC(O)C1. The van der Waals surface area contributed by atoms with Crippen molar-refractivity contribution >= 4 is 17.7 Å². The fraction of sp³-hybridized carbons (Fsp3) is 0.286. The van der Waals surface area contributed by atoms with Crippen LogP contribution in [0.1, 0.15) is 12.8 Å². The summed E-state index contributed by atoms with van der Waals surface area (Å²) in [5.74, 6) is 0.448. The van der Waals surface area contributed by atoms with Gasteiger partial charge in [0.25, 0.3) is 0 Å². The third-order valence-electron chi connectivity index (χ3n) is 4.82. The summed E-state index contributed by atoms with van der Waals surface area (Å²) in [5, 5.41) is 19.0. The molecule has 0 saturated carbocycles. The molecule has 1 saturated heterocycles. The molecule has 0 aliphatic carbocycles. The quantitative estimate of drug-likeness (QED) is 0.652. The summed E-state index contributed by atoms with van der Waals surface area (Å²) in [6.45, 7) is 1.05. The lowest BCUT2D eigenvalue weighted by molar-refractivity contribution is -0.131. The number of hydrogen-bond acceptors (Lipinski definition) is 5. The Morgan fingerprint density at radius 1 is 1.14 bits per heavy atom. The number of halogens is 1. The van der Waals surface area contributed by atoms with E-state index in [0.29, 0.717) is 24.1 Å². The second-order valence-electron chi connectivity index (χ2n) is 6.91. The van der Waals surface area contributed by atoms with Crippen molar-refractivity contribution in [2.75, 3.05) is 18.8 Å². The van der Waals surface area contributed by atoms with Crippen molar-refractivity contribution in [3.8, 4) is 17.1 Å². The first kappa shape index (κ1) is 19.6. The third kappa shape index (κ3) is 4.49. The van der Waals surface area contributed by atoms with E-state index in [9.17, 15) is 14.3 Å². The highest BCUT2D eigenvalue weighted by atomic mass is 32.2. The van der Waals surface area contributed by atoms with Gasteiger partial charge in [0, 0.05) is 24.3 Å². The minimum absolute atomic E-state index is 0.0281. The molecule has 1 aliphatic rings. The Kier molecular flexibility index (Phi) is 5.92. The smallest absolute Gasteiger partial charge is 0.233 e. The normalized spacial score (nSPS) is 16.8. The van der Waals surface area contributed by atoms with Crippen LogP contribution >= 0.6 is 11.8 Å². The van der Waals surface area contributed by atoms with Crippen LogP contribution in [0.2, 0.25) is 0 Å². The number of piperidine rings is 1. The van der Waals surface area contributed by atoms with E-state index in [0.717, 1.165) is 24.1 Å². The summed E-state index contributed by atoms with van der Waals surface area (Å²) < 4.78 is 15.2. The maximum Gasteiger partial charge on any atom is 0.233 e. The van der Waals surface area contributed by atoms with Gasteiger partial charge in [-0.05, 0) is 49.2 Å². The molecule has 1 aromatic heterocycles. The average Bonchev–Trinajstić information content (AvgIpc) is 3.17. The van der Waals surface area contributed by atoms with E-state index in [4.69, 9.17) is 0 Å². The first-order chi connectivity index (χ1) is 14.1. The van der Waals surface area contributed by atoms with Gasteiger partial charge in [0.15, 0.2) is 11.0 Å². The minimum atomic E-state index is -0.448. The molecule has 0 radical (unpaired) electrons. The van der Waals surface area contributed by atoms with Gasteiger partial charge < -0.3 is 10.0 Å². The van der Waals surface area contributed by atoms with Crippen molar-refractivity contribution in [1.29, 1.82) is 0 Å². The van der Waals surface area contributed by atoms with Gasteiger partial charge in [-0.1, -0.05) is 30.0 Å².